The van der Waals surface area contributed by atoms with Gasteiger partial charge in [0, 0.05) is 31.3 Å². The lowest BCUT2D eigenvalue weighted by atomic mass is 9.97. The largest absolute Gasteiger partial charge is 0.394 e. The van der Waals surface area contributed by atoms with Crippen molar-refractivity contribution in [2.24, 2.45) is 0 Å². The first-order valence-corrected chi connectivity index (χ1v) is 15.1. The summed E-state index contributed by atoms with van der Waals surface area (Å²) in [4.78, 5) is 64.4. The molecule has 0 bridgehead atoms. The van der Waals surface area contributed by atoms with E-state index in [4.69, 9.17) is 5.73 Å². The van der Waals surface area contributed by atoms with Gasteiger partial charge in [0.2, 0.25) is 0 Å². The van der Waals surface area contributed by atoms with Crippen molar-refractivity contribution >= 4 is 23.2 Å². The van der Waals surface area contributed by atoms with Crippen LogP contribution in [-0.2, 0) is 25.9 Å². The van der Waals surface area contributed by atoms with Crippen LogP contribution in [-0.4, -0.2) is 43.5 Å². The molecule has 0 unspecified atom stereocenters. The lowest BCUT2D eigenvalue weighted by molar-refractivity contribution is 0.0931. The third-order valence-corrected chi connectivity index (χ3v) is 9.00. The quantitative estimate of drug-likeness (QED) is 0.197. The van der Waals surface area contributed by atoms with Gasteiger partial charge < -0.3 is 21.3 Å². The summed E-state index contributed by atoms with van der Waals surface area (Å²) >= 11 is 0. The predicted octanol–water partition coefficient (Wildman–Crippen LogP) is 2.05. The highest BCUT2D eigenvalue weighted by molar-refractivity contribution is 5.97. The maximum Gasteiger partial charge on any atom is 0.270 e. The van der Waals surface area contributed by atoms with Gasteiger partial charge in [-0.25, -0.2) is 15.0 Å². The Kier molecular flexibility index (Phi) is 7.35. The lowest BCUT2D eigenvalue weighted by Gasteiger charge is -2.25. The molecule has 3 heterocycles. The number of carbonyl (C=O) groups is 2. The van der Waals surface area contributed by atoms with E-state index in [1.165, 1.54) is 24.3 Å². The normalized spacial score (nSPS) is 15.7. The van der Waals surface area contributed by atoms with Crippen molar-refractivity contribution in [2.45, 2.75) is 51.7 Å². The number of amides is 2. The van der Waals surface area contributed by atoms with Gasteiger partial charge in [0.1, 0.15) is 35.4 Å². The Bertz CT molecular complexity index is 2060. The number of anilines is 2. The molecule has 2 aliphatic rings. The van der Waals surface area contributed by atoms with Crippen LogP contribution in [0.5, 0.6) is 0 Å². The highest BCUT2D eigenvalue weighted by Gasteiger charge is 2.28. The molecule has 13 heteroatoms. The molecule has 5 aromatic rings. The molecule has 5 N–H and O–H groups in total. The number of nitrogens with one attached hydrogen (secondary N) is 3. The summed E-state index contributed by atoms with van der Waals surface area (Å²) in [5, 5.41) is 12.8. The van der Waals surface area contributed by atoms with Gasteiger partial charge in [-0.2, -0.15) is 5.10 Å². The highest BCUT2D eigenvalue weighted by Crippen LogP contribution is 2.37. The number of H-pyrrole nitrogens is 1. The van der Waals surface area contributed by atoms with Crippen LogP contribution < -0.4 is 32.1 Å². The molecule has 1 aliphatic carbocycles. The molecule has 1 atom stereocenters. The minimum absolute atomic E-state index is 0.0237. The number of benzene rings is 2. The smallest absolute Gasteiger partial charge is 0.270 e. The molecular formula is C33H31N9O4. The van der Waals surface area contributed by atoms with E-state index in [1.54, 1.807) is 0 Å². The minimum Gasteiger partial charge on any atom is -0.394 e. The number of carbonyl (C=O) groups excluding carboxylic acids is 2. The summed E-state index contributed by atoms with van der Waals surface area (Å²) in [5.74, 6) is -0.118. The average Bonchev–Trinajstić information content (AvgIpc) is 3.71. The maximum atomic E-state index is 13.2. The van der Waals surface area contributed by atoms with Crippen molar-refractivity contribution in [2.75, 3.05) is 17.2 Å². The summed E-state index contributed by atoms with van der Waals surface area (Å²) in [6.45, 7) is 3.35. The Morgan fingerprint density at radius 1 is 0.978 bits per heavy atom. The second-order valence-electron chi connectivity index (χ2n) is 11.7. The third-order valence-electron chi connectivity index (χ3n) is 9.00. The number of aromatic nitrogens is 5. The molecule has 46 heavy (non-hydrogen) atoms. The Balaban J connectivity index is 1.00. The van der Waals surface area contributed by atoms with Gasteiger partial charge in [-0.1, -0.05) is 30.3 Å². The first-order valence-electron chi connectivity index (χ1n) is 15.1. The third kappa shape index (κ3) is 5.19. The van der Waals surface area contributed by atoms with Crippen molar-refractivity contribution in [1.82, 2.24) is 35.8 Å². The average molecular weight is 618 g/mol. The van der Waals surface area contributed by atoms with Gasteiger partial charge in [0.15, 0.2) is 5.82 Å². The van der Waals surface area contributed by atoms with Crippen molar-refractivity contribution in [3.63, 3.8) is 0 Å². The van der Waals surface area contributed by atoms with Crippen molar-refractivity contribution in [3.05, 3.63) is 114 Å². The molecule has 0 radical (unpaired) electrons. The first kappa shape index (κ1) is 29.0. The molecule has 3 aromatic carbocycles. The van der Waals surface area contributed by atoms with Gasteiger partial charge in [0.25, 0.3) is 22.7 Å². The van der Waals surface area contributed by atoms with Gasteiger partial charge in [0.05, 0.1) is 6.04 Å². The maximum absolute atomic E-state index is 13.2. The number of aryl methyl sites for hydroxylation is 1. The minimum atomic E-state index is -0.626. The molecule has 0 saturated heterocycles. The number of nitrogens with zero attached hydrogens (tertiary/aromatic N) is 5. The van der Waals surface area contributed by atoms with E-state index < -0.39 is 16.8 Å². The SMILES string of the molecule is Cc1c(-c2ncn[nH]2)ccc2c1CC[C@@H]2NC(=O)c1cc(C(=O)NCc2ccc3c(c2)CN(c2c(N)c(=O)c2=O)CCC3)ncn1. The molecule has 13 nitrogen and oxygen atoms in total. The molecule has 1 aliphatic heterocycles. The van der Waals surface area contributed by atoms with Crippen molar-refractivity contribution < 1.29 is 9.59 Å². The predicted molar refractivity (Wildman–Crippen MR) is 170 cm³/mol. The van der Waals surface area contributed by atoms with E-state index in [1.807, 2.05) is 42.2 Å². The highest BCUT2D eigenvalue weighted by atomic mass is 16.2. The molecule has 0 saturated carbocycles. The fourth-order valence-corrected chi connectivity index (χ4v) is 6.56. The summed E-state index contributed by atoms with van der Waals surface area (Å²) < 4.78 is 0. The molecule has 2 amide bonds. The second-order valence-corrected chi connectivity index (χ2v) is 11.7. The van der Waals surface area contributed by atoms with E-state index in [0.717, 1.165) is 59.1 Å². The number of hydrogen-bond donors (Lipinski definition) is 4. The van der Waals surface area contributed by atoms with E-state index >= 15 is 0 Å². The van der Waals surface area contributed by atoms with E-state index in [2.05, 4.69) is 35.8 Å². The molecule has 2 aromatic heterocycles. The van der Waals surface area contributed by atoms with Crippen molar-refractivity contribution in [1.29, 1.82) is 0 Å². The van der Waals surface area contributed by atoms with Crippen LogP contribution in [0.2, 0.25) is 0 Å². The van der Waals surface area contributed by atoms with E-state index in [0.29, 0.717) is 24.6 Å². The standard InChI is InChI=1S/C33H31N9O4/c1-17-21-8-9-24(23(21)7-6-22(17)31-38-16-39-41-31)40-33(46)26-12-25(36-15-37-26)32(45)35-13-18-4-5-19-3-2-10-42(14-20(19)11-18)28-27(34)29(43)30(28)44/h4-7,11-12,15-16,24H,2-3,8-10,13-14,34H2,1H3,(H,35,45)(H,40,46)(H,38,39,41)/t24-/m0/s1. The molecule has 232 valence electrons. The Hall–Kier alpha value is -5.72. The summed E-state index contributed by atoms with van der Waals surface area (Å²) in [5.41, 5.74) is 12.5. The molecule has 7 rings (SSSR count). The van der Waals surface area contributed by atoms with E-state index in [-0.39, 0.29) is 35.6 Å². The fraction of sp³-hybridized carbons (Fsp3) is 0.273. The van der Waals surface area contributed by atoms with Crippen LogP contribution in [0.25, 0.3) is 11.4 Å². The number of nitrogen functional groups attached to an aromatic ring is 1. The molecule has 0 fully saturated rings. The first-order chi connectivity index (χ1) is 22.3. The lowest BCUT2D eigenvalue weighted by Crippen LogP contribution is -2.42. The zero-order chi connectivity index (χ0) is 31.9. The number of rotatable bonds is 7. The number of fused-ring (bicyclic) bond motifs is 2. The van der Waals surface area contributed by atoms with Crippen LogP contribution in [0.3, 0.4) is 0 Å². The van der Waals surface area contributed by atoms with Crippen LogP contribution >= 0.6 is 0 Å². The Morgan fingerprint density at radius 3 is 2.59 bits per heavy atom. The fourth-order valence-electron chi connectivity index (χ4n) is 6.56. The van der Waals surface area contributed by atoms with Gasteiger partial charge in [-0.05, 0) is 66.0 Å². The van der Waals surface area contributed by atoms with Gasteiger partial charge in [-0.3, -0.25) is 24.3 Å². The number of aromatic amines is 1. The van der Waals surface area contributed by atoms with Crippen LogP contribution in [0.15, 0.2) is 58.6 Å². The number of hydrogen-bond acceptors (Lipinski definition) is 10. The summed E-state index contributed by atoms with van der Waals surface area (Å²) in [6.07, 6.45) is 5.90. The zero-order valence-corrected chi connectivity index (χ0v) is 25.1. The molecule has 0 spiro atoms. The van der Waals surface area contributed by atoms with Gasteiger partial charge in [-0.15, -0.1) is 0 Å². The van der Waals surface area contributed by atoms with Crippen LogP contribution in [0.1, 0.15) is 73.2 Å². The van der Waals surface area contributed by atoms with E-state index in [9.17, 15) is 19.2 Å². The molecular weight excluding hydrogens is 586 g/mol. The summed E-state index contributed by atoms with van der Waals surface area (Å²) in [7, 11) is 0. The second kappa shape index (κ2) is 11.7. The van der Waals surface area contributed by atoms with Crippen molar-refractivity contribution in [3.8, 4) is 11.4 Å². The monoisotopic (exact) mass is 617 g/mol. The number of nitrogens with two attached hydrogens (primary N) is 1. The van der Waals surface area contributed by atoms with Gasteiger partial charge >= 0.3 is 0 Å². The Morgan fingerprint density at radius 2 is 1.80 bits per heavy atom. The van der Waals surface area contributed by atoms with Crippen LogP contribution in [0, 0.1) is 6.92 Å². The zero-order valence-electron chi connectivity index (χ0n) is 25.1. The summed E-state index contributed by atoms with van der Waals surface area (Å²) in [6, 6.07) is 11.2. The van der Waals surface area contributed by atoms with Crippen LogP contribution in [0.4, 0.5) is 11.4 Å². The topological polar surface area (TPSA) is 189 Å². The Labute approximate surface area is 263 Å².